The van der Waals surface area contributed by atoms with Gasteiger partial charge in [0.2, 0.25) is 0 Å². The third-order valence-corrected chi connectivity index (χ3v) is 14.5. The van der Waals surface area contributed by atoms with Crippen molar-refractivity contribution >= 4 is 5.97 Å². The molecule has 3 saturated carbocycles. The number of aliphatic carboxylic acids is 1. The van der Waals surface area contributed by atoms with Gasteiger partial charge in [0.05, 0.1) is 18.1 Å². The molecular weight excluding hydrogens is 532 g/mol. The molecule has 6 aliphatic rings. The van der Waals surface area contributed by atoms with Crippen LogP contribution < -0.4 is 0 Å². The first-order valence-electron chi connectivity index (χ1n) is 16.5. The van der Waals surface area contributed by atoms with Crippen LogP contribution in [0.5, 0.6) is 0 Å². The Balaban J connectivity index is 1.33. The summed E-state index contributed by atoms with van der Waals surface area (Å²) in [6.45, 7) is 16.5. The third kappa shape index (κ3) is 3.92. The molecule has 0 spiro atoms. The minimum absolute atomic E-state index is 0.0529. The standard InChI is InChI=1S/C35H54O7/c1-19-10-15-35(30(39)40)17-16-33(6)21(26(35)20(19)2)8-9-24-32(5)13-12-25(31(3,4)23(32)11-14-34(24,33)7)42-29-28(38)27(37)22(36)18-41-29/h8,19,22-25,27-29,36-38H,9-18H2,1-7H3,(H,39,40)/t19-,22+,23?,24?,25+,27+,28-,29+,32+,33-,34-,35+/m1/s1. The minimum atomic E-state index is -1.28. The van der Waals surface area contributed by atoms with E-state index in [-0.39, 0.29) is 34.4 Å². The van der Waals surface area contributed by atoms with Crippen LogP contribution in [0.2, 0.25) is 0 Å². The molecule has 0 aromatic carbocycles. The van der Waals surface area contributed by atoms with Gasteiger partial charge >= 0.3 is 5.97 Å². The zero-order chi connectivity index (χ0) is 30.6. The molecule has 12 atom stereocenters. The first-order chi connectivity index (χ1) is 19.5. The van der Waals surface area contributed by atoms with Gasteiger partial charge in [-0.2, -0.15) is 0 Å². The SMILES string of the molecule is CC1=C2C3=CCC4[C@@]5(C)CC[C@H](O[C@@H]6OC[C@H](O)[C@H](O)[C@H]6O)C(C)(C)C5CC[C@@]4(C)[C@]3(C)CC[C@@]2(C(=O)O)CC[C@H]1C. The smallest absolute Gasteiger partial charge is 0.314 e. The van der Waals surface area contributed by atoms with Crippen LogP contribution in [0, 0.1) is 44.8 Å². The molecule has 236 valence electrons. The van der Waals surface area contributed by atoms with Crippen molar-refractivity contribution in [3.05, 3.63) is 22.8 Å². The normalized spacial score (nSPS) is 51.9. The van der Waals surface area contributed by atoms with Gasteiger partial charge in [-0.3, -0.25) is 4.79 Å². The molecule has 2 unspecified atom stereocenters. The Labute approximate surface area is 251 Å². The highest BCUT2D eigenvalue weighted by Gasteiger charge is 2.68. The molecule has 0 amide bonds. The Morgan fingerprint density at radius 3 is 2.33 bits per heavy atom. The van der Waals surface area contributed by atoms with Gasteiger partial charge in [-0.05, 0) is 115 Å². The highest BCUT2D eigenvalue weighted by Crippen LogP contribution is 2.75. The number of rotatable bonds is 3. The molecule has 0 radical (unpaired) electrons. The first-order valence-corrected chi connectivity index (χ1v) is 16.5. The maximum absolute atomic E-state index is 12.9. The predicted octanol–water partition coefficient (Wildman–Crippen LogP) is 5.62. The molecule has 4 N–H and O–H groups in total. The number of aliphatic hydroxyl groups excluding tert-OH is 3. The van der Waals surface area contributed by atoms with Crippen molar-refractivity contribution in [1.82, 2.24) is 0 Å². The summed E-state index contributed by atoms with van der Waals surface area (Å²) < 4.78 is 12.1. The number of aliphatic hydroxyl groups is 3. The lowest BCUT2D eigenvalue weighted by molar-refractivity contribution is -0.308. The predicted molar refractivity (Wildman–Crippen MR) is 159 cm³/mol. The summed E-state index contributed by atoms with van der Waals surface area (Å²) in [4.78, 5) is 12.9. The summed E-state index contributed by atoms with van der Waals surface area (Å²) in [6.07, 6.45) is 6.07. The molecule has 7 heteroatoms. The molecule has 6 rings (SSSR count). The van der Waals surface area contributed by atoms with E-state index in [0.717, 1.165) is 57.8 Å². The number of hydrogen-bond acceptors (Lipinski definition) is 6. The van der Waals surface area contributed by atoms with Crippen molar-refractivity contribution in [1.29, 1.82) is 0 Å². The van der Waals surface area contributed by atoms with E-state index >= 15 is 0 Å². The maximum Gasteiger partial charge on any atom is 0.314 e. The fourth-order valence-corrected chi connectivity index (χ4v) is 11.5. The topological polar surface area (TPSA) is 116 Å². The van der Waals surface area contributed by atoms with Gasteiger partial charge < -0.3 is 29.9 Å². The van der Waals surface area contributed by atoms with Gasteiger partial charge in [0.25, 0.3) is 0 Å². The van der Waals surface area contributed by atoms with E-state index in [9.17, 15) is 25.2 Å². The Morgan fingerprint density at radius 2 is 1.64 bits per heavy atom. The van der Waals surface area contributed by atoms with E-state index in [1.807, 2.05) is 0 Å². The van der Waals surface area contributed by atoms with Gasteiger partial charge in [0.15, 0.2) is 6.29 Å². The molecule has 0 aromatic rings. The van der Waals surface area contributed by atoms with E-state index in [0.29, 0.717) is 17.8 Å². The Bertz CT molecular complexity index is 1190. The molecule has 0 aromatic heterocycles. The summed E-state index contributed by atoms with van der Waals surface area (Å²) in [6, 6.07) is 0. The second-order valence-corrected chi connectivity index (χ2v) is 16.4. The summed E-state index contributed by atoms with van der Waals surface area (Å²) >= 11 is 0. The lowest BCUT2D eigenvalue weighted by Gasteiger charge is -2.70. The molecule has 7 nitrogen and oxygen atoms in total. The van der Waals surface area contributed by atoms with Gasteiger partial charge in [0, 0.05) is 0 Å². The number of carboxylic acids is 1. The lowest BCUT2D eigenvalue weighted by atomic mass is 9.34. The van der Waals surface area contributed by atoms with E-state index < -0.39 is 36.0 Å². The van der Waals surface area contributed by atoms with E-state index in [2.05, 4.69) is 54.5 Å². The van der Waals surface area contributed by atoms with Gasteiger partial charge in [-0.15, -0.1) is 0 Å². The second-order valence-electron chi connectivity index (χ2n) is 16.4. The van der Waals surface area contributed by atoms with Crippen LogP contribution in [0.4, 0.5) is 0 Å². The molecule has 42 heavy (non-hydrogen) atoms. The summed E-state index contributed by atoms with van der Waals surface area (Å²) in [5, 5.41) is 41.3. The highest BCUT2D eigenvalue weighted by atomic mass is 16.7. The maximum atomic E-state index is 12.9. The van der Waals surface area contributed by atoms with Crippen LogP contribution in [-0.2, 0) is 14.3 Å². The van der Waals surface area contributed by atoms with Crippen LogP contribution >= 0.6 is 0 Å². The quantitative estimate of drug-likeness (QED) is 0.317. The minimum Gasteiger partial charge on any atom is -0.481 e. The molecule has 4 fully saturated rings. The molecule has 1 saturated heterocycles. The van der Waals surface area contributed by atoms with Crippen molar-refractivity contribution in [3.63, 3.8) is 0 Å². The number of carboxylic acid groups (broad SMARTS) is 1. The second kappa shape index (κ2) is 9.87. The molecule has 1 aliphatic heterocycles. The summed E-state index contributed by atoms with van der Waals surface area (Å²) in [7, 11) is 0. The Hall–Kier alpha value is -1.25. The van der Waals surface area contributed by atoms with E-state index in [1.54, 1.807) is 0 Å². The summed E-state index contributed by atoms with van der Waals surface area (Å²) in [5.41, 5.74) is 3.00. The number of hydrogen-bond donors (Lipinski definition) is 4. The summed E-state index contributed by atoms with van der Waals surface area (Å²) in [5.74, 6) is 0.671. The van der Waals surface area contributed by atoms with Crippen LogP contribution in [0.1, 0.15) is 106 Å². The van der Waals surface area contributed by atoms with Crippen LogP contribution in [0.15, 0.2) is 22.8 Å². The van der Waals surface area contributed by atoms with Crippen molar-refractivity contribution < 1.29 is 34.7 Å². The molecule has 5 aliphatic carbocycles. The van der Waals surface area contributed by atoms with Crippen LogP contribution in [0.3, 0.4) is 0 Å². The number of ether oxygens (including phenoxy) is 2. The Morgan fingerprint density at radius 1 is 0.929 bits per heavy atom. The van der Waals surface area contributed by atoms with Crippen molar-refractivity contribution in [3.8, 4) is 0 Å². The van der Waals surface area contributed by atoms with E-state index in [4.69, 9.17) is 9.47 Å². The molecule has 1 heterocycles. The fourth-order valence-electron chi connectivity index (χ4n) is 11.5. The van der Waals surface area contributed by atoms with Crippen molar-refractivity contribution in [2.45, 2.75) is 137 Å². The third-order valence-electron chi connectivity index (χ3n) is 14.5. The average Bonchev–Trinajstić information content (AvgIpc) is 2.92. The van der Waals surface area contributed by atoms with Crippen LogP contribution in [0.25, 0.3) is 0 Å². The van der Waals surface area contributed by atoms with Gasteiger partial charge in [-0.1, -0.05) is 53.2 Å². The number of allylic oxidation sites excluding steroid dienone is 3. The van der Waals surface area contributed by atoms with Crippen LogP contribution in [-0.4, -0.2) is 63.7 Å². The average molecular weight is 587 g/mol. The van der Waals surface area contributed by atoms with E-state index in [1.165, 1.54) is 16.7 Å². The van der Waals surface area contributed by atoms with Gasteiger partial charge in [0.1, 0.15) is 18.3 Å². The monoisotopic (exact) mass is 586 g/mol. The number of carbonyl (C=O) groups is 1. The lowest BCUT2D eigenvalue weighted by Crippen LogP contribution is -2.65. The largest absolute Gasteiger partial charge is 0.481 e. The highest BCUT2D eigenvalue weighted by molar-refractivity contribution is 5.82. The first kappa shape index (κ1) is 30.8. The van der Waals surface area contributed by atoms with Gasteiger partial charge in [-0.25, -0.2) is 0 Å². The van der Waals surface area contributed by atoms with Crippen molar-refractivity contribution in [2.75, 3.05) is 6.61 Å². The zero-order valence-corrected chi connectivity index (χ0v) is 26.8. The Kier molecular flexibility index (Phi) is 7.23. The van der Waals surface area contributed by atoms with Crippen molar-refractivity contribution in [2.24, 2.45) is 44.8 Å². The number of fused-ring (bicyclic) bond motifs is 7. The fraction of sp³-hybridized carbons (Fsp3) is 0.857. The molecular formula is C35H54O7. The molecule has 0 bridgehead atoms. The zero-order valence-electron chi connectivity index (χ0n) is 26.8.